The number of rotatable bonds is 8. The third-order valence-electron chi connectivity index (χ3n) is 5.06. The van der Waals surface area contributed by atoms with Crippen LogP contribution in [-0.2, 0) is 20.9 Å². The summed E-state index contributed by atoms with van der Waals surface area (Å²) < 4.78 is 15.4. The van der Waals surface area contributed by atoms with E-state index < -0.39 is 5.97 Å². The van der Waals surface area contributed by atoms with E-state index in [1.165, 1.54) is 12.0 Å². The Balaban J connectivity index is 1.80. The summed E-state index contributed by atoms with van der Waals surface area (Å²) in [6, 6.07) is 12.9. The Morgan fingerprint density at radius 2 is 1.72 bits per heavy atom. The highest BCUT2D eigenvalue weighted by atomic mass is 35.5. The van der Waals surface area contributed by atoms with Gasteiger partial charge in [-0.2, -0.15) is 0 Å². The Morgan fingerprint density at radius 3 is 2.31 bits per heavy atom. The molecule has 154 valence electrons. The van der Waals surface area contributed by atoms with Crippen LogP contribution >= 0.6 is 11.6 Å². The van der Waals surface area contributed by atoms with Gasteiger partial charge in [-0.05, 0) is 41.7 Å². The second-order valence-electron chi connectivity index (χ2n) is 6.96. The maximum absolute atomic E-state index is 13.2. The first-order chi connectivity index (χ1) is 14.0. The average Bonchev–Trinajstić information content (AvgIpc) is 3.53. The van der Waals surface area contributed by atoms with E-state index in [1.54, 1.807) is 20.3 Å². The first-order valence-corrected chi connectivity index (χ1v) is 9.66. The number of benzene rings is 2. The minimum Gasteiger partial charge on any atom is -0.497 e. The summed E-state index contributed by atoms with van der Waals surface area (Å²) in [4.78, 5) is 26.6. The Hall–Kier alpha value is -2.73. The lowest BCUT2D eigenvalue weighted by Crippen LogP contribution is -2.37. The zero-order valence-corrected chi connectivity index (χ0v) is 17.4. The molecule has 2 aromatic carbocycles. The molecule has 29 heavy (non-hydrogen) atoms. The molecule has 0 spiro atoms. The number of hydrogen-bond donors (Lipinski definition) is 0. The summed E-state index contributed by atoms with van der Waals surface area (Å²) in [7, 11) is 4.44. The molecule has 0 N–H and O–H groups in total. The number of nitrogens with zero attached hydrogens (tertiary/aromatic N) is 1. The second kappa shape index (κ2) is 9.18. The SMILES string of the molecule is COC(=O)CN(Cc1cc(OC)cc(OC)c1)C(=O)C1CC1c1ccccc1Cl. The molecule has 2 aromatic rings. The van der Waals surface area contributed by atoms with E-state index in [2.05, 4.69) is 0 Å². The molecule has 0 saturated heterocycles. The van der Waals surface area contributed by atoms with Crippen LogP contribution in [0.15, 0.2) is 42.5 Å². The van der Waals surface area contributed by atoms with Crippen LogP contribution in [0.1, 0.15) is 23.5 Å². The van der Waals surface area contributed by atoms with Crippen molar-refractivity contribution in [1.29, 1.82) is 0 Å². The van der Waals surface area contributed by atoms with Gasteiger partial charge in [0, 0.05) is 23.6 Å². The molecular formula is C22H24ClNO5. The Bertz CT molecular complexity index is 878. The van der Waals surface area contributed by atoms with Gasteiger partial charge < -0.3 is 19.1 Å². The highest BCUT2D eigenvalue weighted by molar-refractivity contribution is 6.31. The van der Waals surface area contributed by atoms with E-state index in [0.717, 1.165) is 11.1 Å². The first-order valence-electron chi connectivity index (χ1n) is 9.28. The number of carbonyl (C=O) groups excluding carboxylic acids is 2. The number of ether oxygens (including phenoxy) is 3. The predicted octanol–water partition coefficient (Wildman–Crippen LogP) is 3.66. The van der Waals surface area contributed by atoms with Crippen molar-refractivity contribution >= 4 is 23.5 Å². The van der Waals surface area contributed by atoms with Gasteiger partial charge in [0.1, 0.15) is 18.0 Å². The second-order valence-corrected chi connectivity index (χ2v) is 7.37. The van der Waals surface area contributed by atoms with Crippen molar-refractivity contribution in [2.24, 2.45) is 5.92 Å². The van der Waals surface area contributed by atoms with Gasteiger partial charge in [-0.1, -0.05) is 29.8 Å². The Labute approximate surface area is 175 Å². The Morgan fingerprint density at radius 1 is 1.07 bits per heavy atom. The molecule has 2 atom stereocenters. The molecule has 0 bridgehead atoms. The van der Waals surface area contributed by atoms with E-state index in [4.69, 9.17) is 25.8 Å². The lowest BCUT2D eigenvalue weighted by molar-refractivity contribution is -0.147. The number of halogens is 1. The van der Waals surface area contributed by atoms with Crippen molar-refractivity contribution < 1.29 is 23.8 Å². The minimum atomic E-state index is -0.469. The molecule has 7 heteroatoms. The molecular weight excluding hydrogens is 394 g/mol. The van der Waals surface area contributed by atoms with Crippen LogP contribution in [-0.4, -0.2) is 44.7 Å². The van der Waals surface area contributed by atoms with E-state index in [9.17, 15) is 9.59 Å². The maximum atomic E-state index is 13.2. The summed E-state index contributed by atoms with van der Waals surface area (Å²) in [5.74, 6) is 0.531. The summed E-state index contributed by atoms with van der Waals surface area (Å²) in [5.41, 5.74) is 1.77. The fraction of sp³-hybridized carbons (Fsp3) is 0.364. The zero-order valence-electron chi connectivity index (χ0n) is 16.7. The van der Waals surface area contributed by atoms with Crippen LogP contribution in [0.3, 0.4) is 0 Å². The van der Waals surface area contributed by atoms with Gasteiger partial charge in [0.15, 0.2) is 0 Å². The lowest BCUT2D eigenvalue weighted by atomic mass is 10.1. The molecule has 2 unspecified atom stereocenters. The molecule has 3 rings (SSSR count). The molecule has 0 aromatic heterocycles. The van der Waals surface area contributed by atoms with Crippen molar-refractivity contribution in [3.63, 3.8) is 0 Å². The molecule has 1 aliphatic rings. The standard InChI is InChI=1S/C22H24ClNO5/c1-27-15-8-14(9-16(10-15)28-2)12-24(13-21(25)29-3)22(26)19-11-18(19)17-6-4-5-7-20(17)23/h4-10,18-19H,11-13H2,1-3H3. The summed E-state index contributed by atoms with van der Waals surface area (Å²) in [5, 5.41) is 0.657. The van der Waals surface area contributed by atoms with Crippen LogP contribution < -0.4 is 9.47 Å². The number of carbonyl (C=O) groups is 2. The maximum Gasteiger partial charge on any atom is 0.325 e. The van der Waals surface area contributed by atoms with Gasteiger partial charge in [-0.3, -0.25) is 9.59 Å². The van der Waals surface area contributed by atoms with Crippen molar-refractivity contribution in [2.45, 2.75) is 18.9 Å². The van der Waals surface area contributed by atoms with Crippen molar-refractivity contribution in [2.75, 3.05) is 27.9 Å². The summed E-state index contributed by atoms with van der Waals surface area (Å²) in [6.45, 7) is 0.119. The smallest absolute Gasteiger partial charge is 0.325 e. The fourth-order valence-corrected chi connectivity index (χ4v) is 3.71. The predicted molar refractivity (Wildman–Crippen MR) is 109 cm³/mol. The first kappa shape index (κ1) is 21.0. The average molecular weight is 418 g/mol. The number of esters is 1. The van der Waals surface area contributed by atoms with Crippen LogP contribution in [0.2, 0.25) is 5.02 Å². The van der Waals surface area contributed by atoms with Crippen LogP contribution in [0.5, 0.6) is 11.5 Å². The third kappa shape index (κ3) is 5.01. The lowest BCUT2D eigenvalue weighted by Gasteiger charge is -2.22. The van der Waals surface area contributed by atoms with Crippen LogP contribution in [0.25, 0.3) is 0 Å². The van der Waals surface area contributed by atoms with Crippen molar-refractivity contribution in [3.05, 3.63) is 58.6 Å². The fourth-order valence-electron chi connectivity index (χ4n) is 3.43. The van der Waals surface area contributed by atoms with E-state index in [0.29, 0.717) is 22.9 Å². The van der Waals surface area contributed by atoms with E-state index >= 15 is 0 Å². The quantitative estimate of drug-likeness (QED) is 0.613. The highest BCUT2D eigenvalue weighted by Crippen LogP contribution is 2.50. The Kier molecular flexibility index (Phi) is 6.64. The van der Waals surface area contributed by atoms with E-state index in [-0.39, 0.29) is 30.8 Å². The van der Waals surface area contributed by atoms with Crippen LogP contribution in [0, 0.1) is 5.92 Å². The topological polar surface area (TPSA) is 65.1 Å². The summed E-state index contributed by atoms with van der Waals surface area (Å²) >= 11 is 6.29. The molecule has 6 nitrogen and oxygen atoms in total. The molecule has 0 aliphatic heterocycles. The van der Waals surface area contributed by atoms with Gasteiger partial charge >= 0.3 is 5.97 Å². The number of amides is 1. The zero-order chi connectivity index (χ0) is 21.0. The van der Waals surface area contributed by atoms with Crippen LogP contribution in [0.4, 0.5) is 0 Å². The largest absolute Gasteiger partial charge is 0.497 e. The highest BCUT2D eigenvalue weighted by Gasteiger charge is 2.46. The number of hydrogen-bond acceptors (Lipinski definition) is 5. The van der Waals surface area contributed by atoms with Gasteiger partial charge in [-0.15, -0.1) is 0 Å². The summed E-state index contributed by atoms with van der Waals surface area (Å²) in [6.07, 6.45) is 0.710. The third-order valence-corrected chi connectivity index (χ3v) is 5.40. The molecule has 1 saturated carbocycles. The molecule has 1 aliphatic carbocycles. The van der Waals surface area contributed by atoms with Crippen molar-refractivity contribution in [3.8, 4) is 11.5 Å². The molecule has 0 heterocycles. The number of methoxy groups -OCH3 is 3. The monoisotopic (exact) mass is 417 g/mol. The van der Waals surface area contributed by atoms with Gasteiger partial charge in [0.2, 0.25) is 5.91 Å². The normalized spacial score (nSPS) is 17.4. The molecule has 1 fully saturated rings. The molecule has 0 radical (unpaired) electrons. The van der Waals surface area contributed by atoms with Crippen molar-refractivity contribution in [1.82, 2.24) is 4.90 Å². The van der Waals surface area contributed by atoms with Gasteiger partial charge in [0.25, 0.3) is 0 Å². The molecule has 1 amide bonds. The van der Waals surface area contributed by atoms with E-state index in [1.807, 2.05) is 36.4 Å². The van der Waals surface area contributed by atoms with Gasteiger partial charge in [-0.25, -0.2) is 0 Å². The minimum absolute atomic E-state index is 0.0659. The van der Waals surface area contributed by atoms with Gasteiger partial charge in [0.05, 0.1) is 21.3 Å².